The van der Waals surface area contributed by atoms with Crippen LogP contribution in [0.4, 0.5) is 24.5 Å². The Kier molecular flexibility index (Phi) is 7.95. The third-order valence-corrected chi connectivity index (χ3v) is 6.57. The molecule has 192 valence electrons. The van der Waals surface area contributed by atoms with E-state index in [0.29, 0.717) is 24.3 Å². The number of nitrogens with two attached hydrogens (primary N) is 1. The largest absolute Gasteiger partial charge is 0.495 e. The third-order valence-electron chi connectivity index (χ3n) is 5.61. The number of nitrogens with zero attached hydrogens (tertiary/aromatic N) is 1. The van der Waals surface area contributed by atoms with Gasteiger partial charge in [-0.3, -0.25) is 4.79 Å². The van der Waals surface area contributed by atoms with Gasteiger partial charge in [-0.25, -0.2) is 13.6 Å². The minimum absolute atomic E-state index is 0.0159. The van der Waals surface area contributed by atoms with Crippen LogP contribution in [0.15, 0.2) is 65.6 Å². The first-order chi connectivity index (χ1) is 16.9. The van der Waals surface area contributed by atoms with Crippen LogP contribution in [-0.2, 0) is 16.2 Å². The summed E-state index contributed by atoms with van der Waals surface area (Å²) in [5.74, 6) is -0.581. The molecular formula is C25H26F3N3O4S. The van der Waals surface area contributed by atoms with Crippen molar-refractivity contribution in [3.63, 3.8) is 0 Å². The van der Waals surface area contributed by atoms with Gasteiger partial charge in [0, 0.05) is 41.7 Å². The van der Waals surface area contributed by atoms with E-state index in [9.17, 15) is 26.4 Å². The molecule has 0 radical (unpaired) electrons. The van der Waals surface area contributed by atoms with Gasteiger partial charge < -0.3 is 15.0 Å². The number of nitrogens with one attached hydrogen (secondary N) is 1. The molecule has 0 saturated heterocycles. The zero-order valence-corrected chi connectivity index (χ0v) is 20.7. The van der Waals surface area contributed by atoms with Crippen molar-refractivity contribution in [2.24, 2.45) is 5.14 Å². The summed E-state index contributed by atoms with van der Waals surface area (Å²) in [5.41, 5.74) is 0.536. The molecule has 0 unspecified atom stereocenters. The molecule has 7 nitrogen and oxygen atoms in total. The molecule has 0 heterocycles. The Morgan fingerprint density at radius 2 is 1.67 bits per heavy atom. The van der Waals surface area contributed by atoms with E-state index in [4.69, 9.17) is 9.88 Å². The van der Waals surface area contributed by atoms with Crippen LogP contribution in [0.5, 0.6) is 5.75 Å². The van der Waals surface area contributed by atoms with E-state index in [2.05, 4.69) is 5.32 Å². The number of methoxy groups -OCH3 is 1. The number of sulfonamides is 1. The molecule has 0 spiro atoms. The highest BCUT2D eigenvalue weighted by Gasteiger charge is 2.34. The van der Waals surface area contributed by atoms with E-state index in [1.807, 2.05) is 18.7 Å². The summed E-state index contributed by atoms with van der Waals surface area (Å²) in [6.45, 7) is 4.76. The van der Waals surface area contributed by atoms with Gasteiger partial charge >= 0.3 is 6.18 Å². The Labute approximate surface area is 207 Å². The number of carbonyl (C=O) groups is 1. The predicted molar refractivity (Wildman–Crippen MR) is 133 cm³/mol. The minimum atomic E-state index is -4.55. The summed E-state index contributed by atoms with van der Waals surface area (Å²) in [4.78, 5) is 14.7. The van der Waals surface area contributed by atoms with Crippen LogP contribution in [0.1, 0.15) is 29.8 Å². The van der Waals surface area contributed by atoms with Gasteiger partial charge in [0.1, 0.15) is 10.6 Å². The summed E-state index contributed by atoms with van der Waals surface area (Å²) in [6, 6.07) is 13.7. The zero-order chi connectivity index (χ0) is 26.7. The molecule has 1 amide bonds. The lowest BCUT2D eigenvalue weighted by Gasteiger charge is -2.26. The smallest absolute Gasteiger partial charge is 0.417 e. The van der Waals surface area contributed by atoms with Crippen molar-refractivity contribution in [2.45, 2.75) is 24.9 Å². The maximum Gasteiger partial charge on any atom is 0.417 e. The van der Waals surface area contributed by atoms with Crippen molar-refractivity contribution in [3.8, 4) is 16.9 Å². The van der Waals surface area contributed by atoms with Crippen LogP contribution in [0.25, 0.3) is 11.1 Å². The van der Waals surface area contributed by atoms with Gasteiger partial charge in [-0.15, -0.1) is 0 Å². The van der Waals surface area contributed by atoms with Crippen LogP contribution in [0, 0.1) is 0 Å². The first kappa shape index (κ1) is 27.0. The molecule has 0 aromatic heterocycles. The van der Waals surface area contributed by atoms with Crippen LogP contribution in [-0.4, -0.2) is 34.5 Å². The molecule has 11 heteroatoms. The molecule has 0 aliphatic heterocycles. The van der Waals surface area contributed by atoms with E-state index in [1.54, 1.807) is 6.07 Å². The number of hydrogen-bond acceptors (Lipinski definition) is 5. The third kappa shape index (κ3) is 5.80. The van der Waals surface area contributed by atoms with Crippen molar-refractivity contribution in [2.75, 3.05) is 30.4 Å². The number of ether oxygens (including phenoxy) is 1. The average Bonchev–Trinajstić information content (AvgIpc) is 2.83. The van der Waals surface area contributed by atoms with Gasteiger partial charge in [0.2, 0.25) is 10.0 Å². The number of amides is 1. The number of benzene rings is 3. The number of hydrogen-bond donors (Lipinski definition) is 2. The standard InChI is InChI=1S/C25H26F3N3O4S/c1-4-31(5-2)21-14-16(10-12-19(21)18-8-6-7-9-20(18)25(26,27)28)24(32)30-17-11-13-23(36(29,33)34)22(15-17)35-3/h6-15H,4-5H2,1-3H3,(H,30,32)(H2,29,33,34). The Morgan fingerprint density at radius 3 is 2.25 bits per heavy atom. The normalized spacial score (nSPS) is 11.8. The molecule has 3 N–H and O–H groups in total. The Bertz CT molecular complexity index is 1370. The highest BCUT2D eigenvalue weighted by molar-refractivity contribution is 7.89. The fraction of sp³-hybridized carbons (Fsp3) is 0.240. The topological polar surface area (TPSA) is 102 Å². The van der Waals surface area contributed by atoms with Crippen molar-refractivity contribution < 1.29 is 31.1 Å². The minimum Gasteiger partial charge on any atom is -0.495 e. The van der Waals surface area contributed by atoms with E-state index in [1.165, 1.54) is 55.6 Å². The molecule has 0 aliphatic carbocycles. The number of alkyl halides is 3. The second-order valence-electron chi connectivity index (χ2n) is 7.81. The van der Waals surface area contributed by atoms with Crippen LogP contribution >= 0.6 is 0 Å². The Morgan fingerprint density at radius 1 is 1.00 bits per heavy atom. The monoisotopic (exact) mass is 521 g/mol. The lowest BCUT2D eigenvalue weighted by atomic mass is 9.95. The first-order valence-electron chi connectivity index (χ1n) is 11.0. The Hall–Kier alpha value is -3.57. The lowest BCUT2D eigenvalue weighted by Crippen LogP contribution is -2.23. The molecule has 3 aromatic carbocycles. The number of carbonyl (C=O) groups excluding carboxylic acids is 1. The average molecular weight is 522 g/mol. The van der Waals surface area contributed by atoms with E-state index in [-0.39, 0.29) is 27.5 Å². The molecule has 0 fully saturated rings. The Balaban J connectivity index is 2.05. The molecule has 0 aliphatic rings. The maximum atomic E-state index is 13.7. The first-order valence-corrected chi connectivity index (χ1v) is 12.5. The van der Waals surface area contributed by atoms with Gasteiger partial charge in [0.05, 0.1) is 12.7 Å². The van der Waals surface area contributed by atoms with Crippen LogP contribution in [0.3, 0.4) is 0 Å². The number of halogens is 3. The van der Waals surface area contributed by atoms with Gasteiger partial charge in [-0.05, 0) is 49.7 Å². The summed E-state index contributed by atoms with van der Waals surface area (Å²) < 4.78 is 69.6. The van der Waals surface area contributed by atoms with Gasteiger partial charge in [0.25, 0.3) is 5.91 Å². The molecule has 0 bridgehead atoms. The van der Waals surface area contributed by atoms with Crippen molar-refractivity contribution >= 4 is 27.3 Å². The van der Waals surface area contributed by atoms with Crippen molar-refractivity contribution in [3.05, 3.63) is 71.8 Å². The fourth-order valence-electron chi connectivity index (χ4n) is 3.88. The summed E-state index contributed by atoms with van der Waals surface area (Å²) in [6.07, 6.45) is -4.55. The molecule has 0 atom stereocenters. The molecular weight excluding hydrogens is 495 g/mol. The van der Waals surface area contributed by atoms with Gasteiger partial charge in [0.15, 0.2) is 0 Å². The molecule has 3 rings (SSSR count). The van der Waals surface area contributed by atoms with Crippen LogP contribution in [0.2, 0.25) is 0 Å². The molecule has 3 aromatic rings. The summed E-state index contributed by atoms with van der Waals surface area (Å²) >= 11 is 0. The fourth-order valence-corrected chi connectivity index (χ4v) is 4.56. The predicted octanol–water partition coefficient (Wildman–Crippen LogP) is 5.13. The quantitative estimate of drug-likeness (QED) is 0.428. The second-order valence-corrected chi connectivity index (χ2v) is 9.34. The SMILES string of the molecule is CCN(CC)c1cc(C(=O)Nc2ccc(S(N)(=O)=O)c(OC)c2)ccc1-c1ccccc1C(F)(F)F. The summed E-state index contributed by atoms with van der Waals surface area (Å²) in [7, 11) is -2.77. The number of rotatable bonds is 8. The zero-order valence-electron chi connectivity index (χ0n) is 19.9. The second kappa shape index (κ2) is 10.6. The van der Waals surface area contributed by atoms with Crippen molar-refractivity contribution in [1.82, 2.24) is 0 Å². The highest BCUT2D eigenvalue weighted by Crippen LogP contribution is 2.41. The summed E-state index contributed by atoms with van der Waals surface area (Å²) in [5, 5.41) is 7.83. The number of primary sulfonamides is 1. The van der Waals surface area contributed by atoms with Gasteiger partial charge in [-0.2, -0.15) is 13.2 Å². The number of anilines is 2. The van der Waals surface area contributed by atoms with E-state index < -0.39 is 27.7 Å². The van der Waals surface area contributed by atoms with E-state index in [0.717, 1.165) is 6.07 Å². The molecule has 36 heavy (non-hydrogen) atoms. The molecule has 0 saturated carbocycles. The van der Waals surface area contributed by atoms with E-state index >= 15 is 0 Å². The maximum absolute atomic E-state index is 13.7. The highest BCUT2D eigenvalue weighted by atomic mass is 32.2. The van der Waals surface area contributed by atoms with Crippen molar-refractivity contribution in [1.29, 1.82) is 0 Å². The van der Waals surface area contributed by atoms with Crippen LogP contribution < -0.4 is 20.1 Å². The lowest BCUT2D eigenvalue weighted by molar-refractivity contribution is -0.137. The van der Waals surface area contributed by atoms with Gasteiger partial charge in [-0.1, -0.05) is 24.3 Å².